The van der Waals surface area contributed by atoms with Crippen molar-refractivity contribution >= 4 is 17.7 Å². The van der Waals surface area contributed by atoms with Crippen LogP contribution in [0, 0.1) is 0 Å². The number of carbonyl (C=O) groups excluding carboxylic acids is 1. The maximum absolute atomic E-state index is 12.7. The summed E-state index contributed by atoms with van der Waals surface area (Å²) < 4.78 is 1.82. The van der Waals surface area contributed by atoms with Gasteiger partial charge < -0.3 is 9.47 Å². The predicted octanol–water partition coefficient (Wildman–Crippen LogP) is 2.55. The topological polar surface area (TPSA) is 51.0 Å². The monoisotopic (exact) mass is 330 g/mol. The Morgan fingerprint density at radius 2 is 2.17 bits per heavy atom. The Hall–Kier alpha value is -2.08. The molecule has 0 aliphatic heterocycles. The fourth-order valence-corrected chi connectivity index (χ4v) is 3.07. The second-order valence-corrected chi connectivity index (χ2v) is 6.60. The molecule has 122 valence electrons. The summed E-state index contributed by atoms with van der Waals surface area (Å²) in [4.78, 5) is 14.5. The third kappa shape index (κ3) is 4.96. The summed E-state index contributed by atoms with van der Waals surface area (Å²) in [5.41, 5.74) is 1.22. The zero-order valence-electron chi connectivity index (χ0n) is 13.6. The average molecular weight is 330 g/mol. The third-order valence-corrected chi connectivity index (χ3v) is 4.61. The molecule has 2 rings (SSSR count). The molecule has 0 saturated heterocycles. The molecular formula is C17H22N4OS. The first kappa shape index (κ1) is 17.3. The molecule has 0 aliphatic rings. The molecule has 0 N–H and O–H groups in total. The summed E-state index contributed by atoms with van der Waals surface area (Å²) in [6.07, 6.45) is 4.24. The molecule has 1 atom stereocenters. The van der Waals surface area contributed by atoms with Crippen LogP contribution in [-0.2, 0) is 18.3 Å². The van der Waals surface area contributed by atoms with Gasteiger partial charge >= 0.3 is 0 Å². The minimum atomic E-state index is -0.214. The lowest BCUT2D eigenvalue weighted by Gasteiger charge is -2.24. The zero-order valence-corrected chi connectivity index (χ0v) is 14.4. The van der Waals surface area contributed by atoms with Gasteiger partial charge in [0.15, 0.2) is 5.16 Å². The van der Waals surface area contributed by atoms with Crippen molar-refractivity contribution in [1.82, 2.24) is 19.7 Å². The Labute approximate surface area is 141 Å². The lowest BCUT2D eigenvalue weighted by atomic mass is 10.1. The minimum absolute atomic E-state index is 0.0915. The van der Waals surface area contributed by atoms with Crippen LogP contribution in [0.2, 0.25) is 0 Å². The summed E-state index contributed by atoms with van der Waals surface area (Å²) in [6.45, 7) is 6.89. The van der Waals surface area contributed by atoms with Crippen molar-refractivity contribution in [3.8, 4) is 0 Å². The molecule has 1 aromatic carbocycles. The molecule has 0 aliphatic carbocycles. The normalized spacial score (nSPS) is 11.9. The van der Waals surface area contributed by atoms with Gasteiger partial charge in [0.2, 0.25) is 5.91 Å². The van der Waals surface area contributed by atoms with Crippen LogP contribution in [0.4, 0.5) is 0 Å². The lowest BCUT2D eigenvalue weighted by molar-refractivity contribution is -0.129. The van der Waals surface area contributed by atoms with Gasteiger partial charge in [-0.05, 0) is 18.9 Å². The molecule has 0 spiro atoms. The van der Waals surface area contributed by atoms with Gasteiger partial charge in [-0.2, -0.15) is 0 Å². The fourth-order valence-electron chi connectivity index (χ4n) is 2.20. The van der Waals surface area contributed by atoms with E-state index in [1.165, 1.54) is 17.3 Å². The van der Waals surface area contributed by atoms with Crippen LogP contribution in [0.15, 0.2) is 54.5 Å². The molecule has 1 amide bonds. The zero-order chi connectivity index (χ0) is 16.7. The molecule has 2 aromatic rings. The summed E-state index contributed by atoms with van der Waals surface area (Å²) in [5.74, 6) is 0.0915. The Balaban J connectivity index is 1.96. The number of amides is 1. The van der Waals surface area contributed by atoms with E-state index in [2.05, 4.69) is 28.9 Å². The van der Waals surface area contributed by atoms with E-state index < -0.39 is 0 Å². The van der Waals surface area contributed by atoms with E-state index in [1.54, 1.807) is 12.4 Å². The molecule has 0 saturated carbocycles. The summed E-state index contributed by atoms with van der Waals surface area (Å²) in [6, 6.07) is 10.2. The van der Waals surface area contributed by atoms with Crippen molar-refractivity contribution in [2.45, 2.75) is 23.8 Å². The summed E-state index contributed by atoms with van der Waals surface area (Å²) in [5, 5.41) is 8.39. The van der Waals surface area contributed by atoms with Crippen molar-refractivity contribution < 1.29 is 4.79 Å². The van der Waals surface area contributed by atoms with Crippen molar-refractivity contribution in [3.63, 3.8) is 0 Å². The quantitative estimate of drug-likeness (QED) is 0.551. The number of benzene rings is 1. The molecule has 0 bridgehead atoms. The Kier molecular flexibility index (Phi) is 6.40. The summed E-state index contributed by atoms with van der Waals surface area (Å²) in [7, 11) is 1.87. The van der Waals surface area contributed by atoms with Crippen molar-refractivity contribution in [3.05, 3.63) is 54.9 Å². The van der Waals surface area contributed by atoms with Gasteiger partial charge in [0.1, 0.15) is 6.33 Å². The Morgan fingerprint density at radius 1 is 1.43 bits per heavy atom. The van der Waals surface area contributed by atoms with E-state index in [4.69, 9.17) is 0 Å². The highest BCUT2D eigenvalue weighted by Gasteiger charge is 2.22. The molecule has 1 aromatic heterocycles. The first-order valence-electron chi connectivity index (χ1n) is 7.56. The number of thioether (sulfide) groups is 1. The van der Waals surface area contributed by atoms with Crippen LogP contribution in [0.1, 0.15) is 12.5 Å². The van der Waals surface area contributed by atoms with E-state index >= 15 is 0 Å². The number of rotatable bonds is 8. The molecule has 0 radical (unpaired) electrons. The van der Waals surface area contributed by atoms with Gasteiger partial charge in [-0.25, -0.2) is 0 Å². The molecule has 0 unspecified atom stereocenters. The second-order valence-electron chi connectivity index (χ2n) is 5.29. The largest absolute Gasteiger partial charge is 0.338 e. The molecule has 1 heterocycles. The molecule has 5 nitrogen and oxygen atoms in total. The average Bonchev–Trinajstić information content (AvgIpc) is 2.96. The maximum Gasteiger partial charge on any atom is 0.236 e. The lowest BCUT2D eigenvalue weighted by Crippen LogP contribution is -2.38. The molecule has 6 heteroatoms. The van der Waals surface area contributed by atoms with Gasteiger partial charge in [-0.3, -0.25) is 4.79 Å². The molecule has 23 heavy (non-hydrogen) atoms. The number of carbonyl (C=O) groups is 1. The minimum Gasteiger partial charge on any atom is -0.338 e. The van der Waals surface area contributed by atoms with E-state index in [-0.39, 0.29) is 11.2 Å². The number of aryl methyl sites for hydroxylation is 1. The number of aromatic nitrogens is 3. The van der Waals surface area contributed by atoms with E-state index in [1.807, 2.05) is 41.6 Å². The smallest absolute Gasteiger partial charge is 0.236 e. The Bertz CT molecular complexity index is 641. The fraction of sp³-hybridized carbons (Fsp3) is 0.353. The van der Waals surface area contributed by atoms with Gasteiger partial charge in [0.05, 0.1) is 5.25 Å². The van der Waals surface area contributed by atoms with Crippen molar-refractivity contribution in [2.24, 2.45) is 7.05 Å². The molecule has 0 fully saturated rings. The van der Waals surface area contributed by atoms with E-state index in [0.717, 1.165) is 11.6 Å². The highest BCUT2D eigenvalue weighted by Crippen LogP contribution is 2.21. The highest BCUT2D eigenvalue weighted by atomic mass is 32.2. The van der Waals surface area contributed by atoms with Crippen LogP contribution < -0.4 is 0 Å². The predicted molar refractivity (Wildman–Crippen MR) is 93.2 cm³/mol. The SMILES string of the molecule is C=CCN(CCc1ccccc1)C(=O)[C@H](C)Sc1nncn1C. The number of nitrogens with zero attached hydrogens (tertiary/aromatic N) is 4. The number of hydrogen-bond acceptors (Lipinski definition) is 4. The van der Waals surface area contributed by atoms with Crippen molar-refractivity contribution in [1.29, 1.82) is 0 Å². The van der Waals surface area contributed by atoms with Gasteiger partial charge in [0.25, 0.3) is 0 Å². The standard InChI is InChI=1S/C17H22N4OS/c1-4-11-21(12-10-15-8-6-5-7-9-15)16(22)14(2)23-17-19-18-13-20(17)3/h4-9,13-14H,1,10-12H2,2-3H3/t14-/m0/s1. The first-order valence-corrected chi connectivity index (χ1v) is 8.44. The molecular weight excluding hydrogens is 308 g/mol. The third-order valence-electron chi connectivity index (χ3n) is 3.47. The van der Waals surface area contributed by atoms with Crippen LogP contribution in [0.25, 0.3) is 0 Å². The Morgan fingerprint density at radius 3 is 2.78 bits per heavy atom. The van der Waals surface area contributed by atoms with Crippen LogP contribution >= 0.6 is 11.8 Å². The van der Waals surface area contributed by atoms with Crippen molar-refractivity contribution in [2.75, 3.05) is 13.1 Å². The van der Waals surface area contributed by atoms with Gasteiger partial charge in [0, 0.05) is 20.1 Å². The number of hydrogen-bond donors (Lipinski definition) is 0. The first-order chi connectivity index (χ1) is 11.1. The second kappa shape index (κ2) is 8.53. The van der Waals surface area contributed by atoms with E-state index in [0.29, 0.717) is 13.1 Å². The van der Waals surface area contributed by atoms with Gasteiger partial charge in [-0.1, -0.05) is 48.2 Å². The van der Waals surface area contributed by atoms with E-state index in [9.17, 15) is 4.79 Å². The maximum atomic E-state index is 12.7. The highest BCUT2D eigenvalue weighted by molar-refractivity contribution is 8.00. The summed E-state index contributed by atoms with van der Waals surface area (Å²) >= 11 is 1.42. The van der Waals surface area contributed by atoms with Crippen LogP contribution in [-0.4, -0.2) is 43.9 Å². The van der Waals surface area contributed by atoms with Crippen LogP contribution in [0.3, 0.4) is 0 Å². The van der Waals surface area contributed by atoms with Gasteiger partial charge in [-0.15, -0.1) is 16.8 Å². The van der Waals surface area contributed by atoms with Crippen LogP contribution in [0.5, 0.6) is 0 Å².